The Hall–Kier alpha value is -3.10. The second kappa shape index (κ2) is 7.20. The third-order valence-electron chi connectivity index (χ3n) is 7.73. The third-order valence-corrected chi connectivity index (χ3v) is 15.7. The molecule has 0 fully saturated rings. The number of fused-ring (bicyclic) bond motifs is 3. The van der Waals surface area contributed by atoms with E-state index in [9.17, 15) is 5.26 Å². The summed E-state index contributed by atoms with van der Waals surface area (Å²) in [5, 5.41) is 12.3. The molecule has 1 aliphatic carbocycles. The third kappa shape index (κ3) is 2.83. The first-order valence-corrected chi connectivity index (χ1v) is 18.0. The minimum atomic E-state index is -2.43. The fourth-order valence-electron chi connectivity index (χ4n) is 6.01. The first-order chi connectivity index (χ1) is 15.9. The van der Waals surface area contributed by atoms with Gasteiger partial charge in [-0.1, -0.05) is 0 Å². The maximum atomic E-state index is 10.1. The van der Waals surface area contributed by atoms with Gasteiger partial charge in [0.05, 0.1) is 0 Å². The van der Waals surface area contributed by atoms with Gasteiger partial charge in [-0.25, -0.2) is 0 Å². The number of benzene rings is 2. The number of rotatable bonds is 2. The van der Waals surface area contributed by atoms with Crippen molar-refractivity contribution in [1.82, 2.24) is 0 Å². The Kier molecular flexibility index (Phi) is 4.47. The average molecular weight is 492 g/mol. The monoisotopic (exact) mass is 493 g/mol. The van der Waals surface area contributed by atoms with Crippen LogP contribution < -0.4 is 4.57 Å². The summed E-state index contributed by atoms with van der Waals surface area (Å²) in [6.07, 6.45) is 8.18. The molecule has 0 spiro atoms. The fraction of sp³-hybridized carbons (Fsp3) is 0.241. The number of furan rings is 1. The van der Waals surface area contributed by atoms with Gasteiger partial charge < -0.3 is 0 Å². The van der Waals surface area contributed by atoms with E-state index in [0.717, 1.165) is 44.3 Å². The average Bonchev–Trinajstić information content (AvgIpc) is 3.47. The molecule has 4 aromatic rings. The first-order valence-electron chi connectivity index (χ1n) is 11.7. The topological polar surface area (TPSA) is 40.8 Å². The van der Waals surface area contributed by atoms with E-state index < -0.39 is 13.3 Å². The van der Waals surface area contributed by atoms with Gasteiger partial charge in [0.25, 0.3) is 0 Å². The number of hydrogen-bond acceptors (Lipinski definition) is 2. The van der Waals surface area contributed by atoms with E-state index in [1.54, 1.807) is 9.98 Å². The summed E-state index contributed by atoms with van der Waals surface area (Å²) in [4.78, 5) is 0. The molecule has 2 aliphatic rings. The molecule has 2 aromatic heterocycles. The molecule has 0 saturated carbocycles. The van der Waals surface area contributed by atoms with Crippen molar-refractivity contribution in [2.75, 3.05) is 0 Å². The van der Waals surface area contributed by atoms with E-state index in [4.69, 9.17) is 4.42 Å². The molecule has 0 radical (unpaired) electrons. The molecule has 162 valence electrons. The zero-order chi connectivity index (χ0) is 22.9. The molecule has 0 saturated heterocycles. The molecular formula is C29H27GeN2O+. The van der Waals surface area contributed by atoms with Crippen molar-refractivity contribution >= 4 is 39.6 Å². The van der Waals surface area contributed by atoms with Crippen LogP contribution in [0.5, 0.6) is 0 Å². The van der Waals surface area contributed by atoms with Crippen LogP contribution in [0, 0.1) is 18.3 Å². The molecule has 3 heterocycles. The number of aryl methyl sites for hydroxylation is 2. The van der Waals surface area contributed by atoms with Gasteiger partial charge in [0.2, 0.25) is 0 Å². The SMILES string of the molecule is Cc1ccc2c(oc3c([C]4=CC5=[C](CCC5)[Ge]4([CH3])[CH3])c(C#N)ccc32)c1-c1cccc[n+]1C. The summed E-state index contributed by atoms with van der Waals surface area (Å²) in [6, 6.07) is 17.2. The zero-order valence-electron chi connectivity index (χ0n) is 19.6. The van der Waals surface area contributed by atoms with Crippen LogP contribution in [0.1, 0.15) is 36.0 Å². The summed E-state index contributed by atoms with van der Waals surface area (Å²) in [6.45, 7) is 2.14. The Bertz CT molecular complexity index is 1590. The van der Waals surface area contributed by atoms with Gasteiger partial charge in [-0.2, -0.15) is 0 Å². The van der Waals surface area contributed by atoms with Crippen LogP contribution in [0.3, 0.4) is 0 Å². The molecule has 2 aromatic carbocycles. The maximum absolute atomic E-state index is 10.1. The summed E-state index contributed by atoms with van der Waals surface area (Å²) < 4.78 is 12.0. The van der Waals surface area contributed by atoms with Gasteiger partial charge >= 0.3 is 197 Å². The van der Waals surface area contributed by atoms with Crippen LogP contribution in [-0.2, 0) is 7.05 Å². The second-order valence-electron chi connectivity index (χ2n) is 9.95. The summed E-state index contributed by atoms with van der Waals surface area (Å²) in [7, 11) is 2.07. The molecule has 0 N–H and O–H groups in total. The predicted molar refractivity (Wildman–Crippen MR) is 136 cm³/mol. The number of allylic oxidation sites excluding steroid dienone is 3. The van der Waals surface area contributed by atoms with Gasteiger partial charge in [0, 0.05) is 0 Å². The van der Waals surface area contributed by atoms with Crippen molar-refractivity contribution in [3.05, 3.63) is 81.4 Å². The van der Waals surface area contributed by atoms with E-state index in [1.165, 1.54) is 29.2 Å². The Morgan fingerprint density at radius 1 is 0.970 bits per heavy atom. The Labute approximate surface area is 197 Å². The van der Waals surface area contributed by atoms with Crippen molar-refractivity contribution in [3.8, 4) is 17.3 Å². The fourth-order valence-corrected chi connectivity index (χ4v) is 13.4. The van der Waals surface area contributed by atoms with Gasteiger partial charge in [0.1, 0.15) is 0 Å². The summed E-state index contributed by atoms with van der Waals surface area (Å²) >= 11 is -2.43. The number of hydrogen-bond donors (Lipinski definition) is 0. The Morgan fingerprint density at radius 3 is 2.45 bits per heavy atom. The number of nitrogens with zero attached hydrogens (tertiary/aromatic N) is 2. The van der Waals surface area contributed by atoms with Crippen LogP contribution in [-0.4, -0.2) is 13.3 Å². The molecule has 1 aliphatic heterocycles. The number of aromatic nitrogens is 1. The Morgan fingerprint density at radius 2 is 1.73 bits per heavy atom. The first kappa shape index (κ1) is 20.5. The molecule has 6 rings (SSSR count). The molecule has 0 bridgehead atoms. The molecule has 4 heteroatoms. The minimum absolute atomic E-state index is 0.733. The number of pyridine rings is 1. The van der Waals surface area contributed by atoms with Crippen LogP contribution >= 0.6 is 0 Å². The van der Waals surface area contributed by atoms with Crippen molar-refractivity contribution in [3.63, 3.8) is 0 Å². The van der Waals surface area contributed by atoms with E-state index in [-0.39, 0.29) is 0 Å². The molecule has 0 amide bonds. The van der Waals surface area contributed by atoms with Gasteiger partial charge in [0.15, 0.2) is 0 Å². The van der Waals surface area contributed by atoms with Crippen LogP contribution in [0.4, 0.5) is 0 Å². The summed E-state index contributed by atoms with van der Waals surface area (Å²) in [5.74, 6) is 4.98. The van der Waals surface area contributed by atoms with Gasteiger partial charge in [-0.05, 0) is 0 Å². The van der Waals surface area contributed by atoms with Crippen LogP contribution in [0.25, 0.3) is 37.6 Å². The van der Waals surface area contributed by atoms with Crippen molar-refractivity contribution in [2.45, 2.75) is 37.7 Å². The van der Waals surface area contributed by atoms with Crippen molar-refractivity contribution in [2.24, 2.45) is 7.05 Å². The Balaban J connectivity index is 1.70. The van der Waals surface area contributed by atoms with E-state index >= 15 is 0 Å². The van der Waals surface area contributed by atoms with E-state index in [1.807, 2.05) is 12.1 Å². The van der Waals surface area contributed by atoms with Gasteiger partial charge in [-0.3, -0.25) is 0 Å². The van der Waals surface area contributed by atoms with Crippen LogP contribution in [0.2, 0.25) is 11.5 Å². The second-order valence-corrected chi connectivity index (χ2v) is 19.2. The molecule has 0 unspecified atom stereocenters. The summed E-state index contributed by atoms with van der Waals surface area (Å²) in [5.41, 5.74) is 8.54. The van der Waals surface area contributed by atoms with E-state index in [2.05, 4.69) is 78.7 Å². The zero-order valence-corrected chi connectivity index (χ0v) is 21.7. The standard InChI is InChI=1S/C29H27GeN2O/c1-18-11-13-21-22-14-12-20(17-31)27(24-16-19-8-7-9-23(19)30(24,2)3)29(22)33-28(21)26(18)25-10-5-6-15-32(25)4/h5-6,10-16H,7-9H2,1-4H3/q+1. The predicted octanol–water partition coefficient (Wildman–Crippen LogP) is 6.92. The van der Waals surface area contributed by atoms with Crippen molar-refractivity contribution in [1.29, 1.82) is 5.26 Å². The van der Waals surface area contributed by atoms with E-state index in [0.29, 0.717) is 0 Å². The molecular weight excluding hydrogens is 465 g/mol. The quantitative estimate of drug-likeness (QED) is 0.225. The molecule has 3 nitrogen and oxygen atoms in total. The van der Waals surface area contributed by atoms with Gasteiger partial charge in [-0.15, -0.1) is 0 Å². The van der Waals surface area contributed by atoms with Crippen molar-refractivity contribution < 1.29 is 8.98 Å². The molecule has 33 heavy (non-hydrogen) atoms. The van der Waals surface area contributed by atoms with Crippen LogP contribution in [0.15, 0.2) is 69.1 Å². The molecule has 0 atom stereocenters. The normalized spacial score (nSPS) is 17.0. The number of nitriles is 1.